The maximum absolute atomic E-state index is 13.1. The SMILES string of the molecule is Cc1nnc(SCC(=O)c2ccc(F)c(C)c2)s1. The molecule has 0 unspecified atom stereocenters. The summed E-state index contributed by atoms with van der Waals surface area (Å²) in [7, 11) is 0. The van der Waals surface area contributed by atoms with Crippen molar-refractivity contribution in [2.75, 3.05) is 5.75 Å². The molecule has 0 atom stereocenters. The van der Waals surface area contributed by atoms with Crippen LogP contribution in [-0.2, 0) is 0 Å². The number of hydrogen-bond donors (Lipinski definition) is 0. The first-order valence-corrected chi connectivity index (χ1v) is 7.09. The van der Waals surface area contributed by atoms with Crippen LogP contribution in [0.25, 0.3) is 0 Å². The second-order valence-corrected chi connectivity index (χ2v) is 6.17. The largest absolute Gasteiger partial charge is 0.293 e. The zero-order valence-corrected chi connectivity index (χ0v) is 11.6. The van der Waals surface area contributed by atoms with E-state index < -0.39 is 0 Å². The Bertz CT molecular complexity index is 583. The van der Waals surface area contributed by atoms with E-state index in [9.17, 15) is 9.18 Å². The lowest BCUT2D eigenvalue weighted by atomic mass is 10.1. The predicted molar refractivity (Wildman–Crippen MR) is 70.8 cm³/mol. The van der Waals surface area contributed by atoms with Crippen molar-refractivity contribution in [1.29, 1.82) is 0 Å². The monoisotopic (exact) mass is 282 g/mol. The van der Waals surface area contributed by atoms with Crippen LogP contribution in [0.2, 0.25) is 0 Å². The minimum atomic E-state index is -0.293. The van der Waals surface area contributed by atoms with Gasteiger partial charge in [0.25, 0.3) is 0 Å². The molecule has 6 heteroatoms. The predicted octanol–water partition coefficient (Wildman–Crippen LogP) is 3.27. The molecule has 1 aromatic heterocycles. The molecule has 0 bridgehead atoms. The van der Waals surface area contributed by atoms with Gasteiger partial charge in [-0.05, 0) is 37.6 Å². The van der Waals surface area contributed by atoms with E-state index in [1.165, 1.54) is 35.2 Å². The van der Waals surface area contributed by atoms with Crippen LogP contribution < -0.4 is 0 Å². The zero-order chi connectivity index (χ0) is 13.1. The molecular weight excluding hydrogens is 271 g/mol. The number of carbonyl (C=O) groups is 1. The molecule has 2 aromatic rings. The summed E-state index contributed by atoms with van der Waals surface area (Å²) in [6.45, 7) is 3.51. The number of ketones is 1. The Hall–Kier alpha value is -1.27. The summed E-state index contributed by atoms with van der Waals surface area (Å²) < 4.78 is 13.9. The van der Waals surface area contributed by atoms with Crippen molar-refractivity contribution in [2.45, 2.75) is 18.2 Å². The van der Waals surface area contributed by atoms with Gasteiger partial charge in [0.15, 0.2) is 10.1 Å². The van der Waals surface area contributed by atoms with Gasteiger partial charge in [-0.3, -0.25) is 4.79 Å². The molecule has 0 aliphatic carbocycles. The molecule has 0 radical (unpaired) electrons. The van der Waals surface area contributed by atoms with E-state index in [-0.39, 0.29) is 11.6 Å². The van der Waals surface area contributed by atoms with Gasteiger partial charge in [0.1, 0.15) is 10.8 Å². The summed E-state index contributed by atoms with van der Waals surface area (Å²) in [6.07, 6.45) is 0. The summed E-state index contributed by atoms with van der Waals surface area (Å²) >= 11 is 2.81. The Morgan fingerprint density at radius 2 is 2.17 bits per heavy atom. The van der Waals surface area contributed by atoms with Crippen molar-refractivity contribution in [2.24, 2.45) is 0 Å². The summed E-state index contributed by atoms with van der Waals surface area (Å²) in [5.41, 5.74) is 1.01. The first-order chi connectivity index (χ1) is 8.56. The van der Waals surface area contributed by atoms with E-state index in [0.29, 0.717) is 16.9 Å². The number of nitrogens with zero attached hydrogens (tertiary/aromatic N) is 2. The molecule has 0 amide bonds. The molecule has 3 nitrogen and oxygen atoms in total. The maximum atomic E-state index is 13.1. The number of rotatable bonds is 4. The van der Waals surface area contributed by atoms with Crippen molar-refractivity contribution in [3.8, 4) is 0 Å². The number of hydrogen-bond acceptors (Lipinski definition) is 5. The smallest absolute Gasteiger partial charge is 0.174 e. The Balaban J connectivity index is 2.01. The minimum Gasteiger partial charge on any atom is -0.293 e. The van der Waals surface area contributed by atoms with Crippen LogP contribution in [0.5, 0.6) is 0 Å². The summed E-state index contributed by atoms with van der Waals surface area (Å²) in [6, 6.07) is 4.41. The lowest BCUT2D eigenvalue weighted by molar-refractivity contribution is 0.102. The number of thioether (sulfide) groups is 1. The molecule has 1 aromatic carbocycles. The number of carbonyl (C=O) groups excluding carboxylic acids is 1. The normalized spacial score (nSPS) is 10.6. The van der Waals surface area contributed by atoms with E-state index in [1.807, 2.05) is 6.92 Å². The van der Waals surface area contributed by atoms with Gasteiger partial charge in [0, 0.05) is 5.56 Å². The second kappa shape index (κ2) is 5.58. The average molecular weight is 282 g/mol. The highest BCUT2D eigenvalue weighted by Crippen LogP contribution is 2.23. The van der Waals surface area contributed by atoms with Gasteiger partial charge in [-0.15, -0.1) is 10.2 Å². The Labute approximate surface area is 112 Å². The first-order valence-electron chi connectivity index (χ1n) is 5.28. The molecule has 1 heterocycles. The number of benzene rings is 1. The van der Waals surface area contributed by atoms with Gasteiger partial charge in [-0.1, -0.05) is 23.1 Å². The summed E-state index contributed by atoms with van der Waals surface area (Å²) in [5.74, 6) is -0.0328. The van der Waals surface area contributed by atoms with E-state index in [2.05, 4.69) is 10.2 Å². The number of halogens is 1. The van der Waals surface area contributed by atoms with Crippen molar-refractivity contribution in [1.82, 2.24) is 10.2 Å². The van der Waals surface area contributed by atoms with E-state index >= 15 is 0 Å². The van der Waals surface area contributed by atoms with E-state index in [0.717, 1.165) is 9.35 Å². The Morgan fingerprint density at radius 3 is 2.78 bits per heavy atom. The van der Waals surface area contributed by atoms with E-state index in [4.69, 9.17) is 0 Å². The van der Waals surface area contributed by atoms with Crippen LogP contribution in [0.4, 0.5) is 4.39 Å². The fourth-order valence-corrected chi connectivity index (χ4v) is 3.08. The molecule has 2 rings (SSSR count). The first kappa shape index (κ1) is 13.2. The van der Waals surface area contributed by atoms with Gasteiger partial charge < -0.3 is 0 Å². The molecule has 0 saturated carbocycles. The van der Waals surface area contributed by atoms with Gasteiger partial charge in [-0.25, -0.2) is 4.39 Å². The van der Waals surface area contributed by atoms with Gasteiger partial charge in [0.2, 0.25) is 0 Å². The molecule has 0 aliphatic heterocycles. The van der Waals surface area contributed by atoms with E-state index in [1.54, 1.807) is 13.0 Å². The van der Waals surface area contributed by atoms with Crippen molar-refractivity contribution in [3.63, 3.8) is 0 Å². The van der Waals surface area contributed by atoms with Crippen LogP contribution >= 0.6 is 23.1 Å². The van der Waals surface area contributed by atoms with Gasteiger partial charge >= 0.3 is 0 Å². The third-order valence-corrected chi connectivity index (χ3v) is 4.29. The summed E-state index contributed by atoms with van der Waals surface area (Å²) in [5, 5.41) is 8.69. The fourth-order valence-electron chi connectivity index (χ4n) is 1.37. The number of aromatic nitrogens is 2. The van der Waals surface area contributed by atoms with Crippen LogP contribution in [0.15, 0.2) is 22.5 Å². The molecule has 0 spiro atoms. The summed E-state index contributed by atoms with van der Waals surface area (Å²) in [4.78, 5) is 11.9. The lowest BCUT2D eigenvalue weighted by Gasteiger charge is -2.01. The van der Waals surface area contributed by atoms with Crippen molar-refractivity contribution in [3.05, 3.63) is 40.2 Å². The fraction of sp³-hybridized carbons (Fsp3) is 0.250. The molecule has 0 saturated heterocycles. The highest BCUT2D eigenvalue weighted by molar-refractivity contribution is 8.01. The Kier molecular flexibility index (Phi) is 4.08. The third-order valence-electron chi connectivity index (χ3n) is 2.31. The van der Waals surface area contributed by atoms with Crippen molar-refractivity contribution >= 4 is 28.9 Å². The highest BCUT2D eigenvalue weighted by Gasteiger charge is 2.10. The molecule has 0 fully saturated rings. The Morgan fingerprint density at radius 1 is 1.39 bits per heavy atom. The molecular formula is C12H11FN2OS2. The zero-order valence-electron chi connectivity index (χ0n) is 9.94. The molecule has 18 heavy (non-hydrogen) atoms. The van der Waals surface area contributed by atoms with Crippen LogP contribution in [-0.4, -0.2) is 21.7 Å². The quantitative estimate of drug-likeness (QED) is 0.637. The molecule has 0 N–H and O–H groups in total. The number of aryl methyl sites for hydroxylation is 2. The average Bonchev–Trinajstić information content (AvgIpc) is 2.75. The van der Waals surface area contributed by atoms with Gasteiger partial charge in [0.05, 0.1) is 5.75 Å². The highest BCUT2D eigenvalue weighted by atomic mass is 32.2. The standard InChI is InChI=1S/C12H11FN2OS2/c1-7-5-9(3-4-10(7)13)11(16)6-17-12-15-14-8(2)18-12/h3-5H,6H2,1-2H3. The maximum Gasteiger partial charge on any atom is 0.174 e. The topological polar surface area (TPSA) is 42.9 Å². The van der Waals surface area contributed by atoms with Crippen molar-refractivity contribution < 1.29 is 9.18 Å². The molecule has 94 valence electrons. The van der Waals surface area contributed by atoms with Crippen LogP contribution in [0.3, 0.4) is 0 Å². The third kappa shape index (κ3) is 3.14. The van der Waals surface area contributed by atoms with Crippen LogP contribution in [0.1, 0.15) is 20.9 Å². The minimum absolute atomic E-state index is 0.0315. The second-order valence-electron chi connectivity index (χ2n) is 3.76. The lowest BCUT2D eigenvalue weighted by Crippen LogP contribution is -2.03. The number of Topliss-reactive ketones (excluding diaryl/α,β-unsaturated/α-hetero) is 1. The van der Waals surface area contributed by atoms with Gasteiger partial charge in [-0.2, -0.15) is 0 Å². The van der Waals surface area contributed by atoms with Crippen LogP contribution in [0, 0.1) is 19.7 Å². The molecule has 0 aliphatic rings.